The van der Waals surface area contributed by atoms with E-state index in [4.69, 9.17) is 0 Å². The zero-order valence-corrected chi connectivity index (χ0v) is 12.4. The minimum Gasteiger partial charge on any atom is -0.381 e. The van der Waals surface area contributed by atoms with E-state index in [1.165, 1.54) is 0 Å². The number of amides is 1. The number of piperidine rings is 1. The van der Waals surface area contributed by atoms with Gasteiger partial charge in [0.1, 0.15) is 17.3 Å². The highest BCUT2D eigenvalue weighted by atomic mass is 19.1. The van der Waals surface area contributed by atoms with Gasteiger partial charge in [-0.1, -0.05) is 0 Å². The molecule has 0 unspecified atom stereocenters. The van der Waals surface area contributed by atoms with Gasteiger partial charge >= 0.3 is 0 Å². The second kappa shape index (κ2) is 6.85. The Morgan fingerprint density at radius 3 is 2.38 bits per heavy atom. The van der Waals surface area contributed by atoms with Gasteiger partial charge in [-0.3, -0.25) is 4.79 Å². The van der Waals surface area contributed by atoms with E-state index in [-0.39, 0.29) is 17.3 Å². The van der Waals surface area contributed by atoms with E-state index in [0.717, 1.165) is 38.1 Å². The molecule has 1 fully saturated rings. The van der Waals surface area contributed by atoms with E-state index in [0.29, 0.717) is 6.54 Å². The first-order valence-corrected chi connectivity index (χ1v) is 7.23. The molecule has 1 aliphatic heterocycles. The normalized spacial score (nSPS) is 16.8. The van der Waals surface area contributed by atoms with Crippen LogP contribution in [0.25, 0.3) is 0 Å². The number of anilines is 1. The number of likely N-dealkylation sites (tertiary alicyclic amines) is 1. The summed E-state index contributed by atoms with van der Waals surface area (Å²) in [5.74, 6) is -1.92. The van der Waals surface area contributed by atoms with Crippen molar-refractivity contribution in [1.29, 1.82) is 0 Å². The van der Waals surface area contributed by atoms with Crippen LogP contribution in [0.15, 0.2) is 12.1 Å². The fraction of sp³-hybridized carbons (Fsp3) is 0.533. The number of hydrogen-bond donors (Lipinski definition) is 2. The van der Waals surface area contributed by atoms with Crippen LogP contribution in [0, 0.1) is 11.6 Å². The molecule has 0 aliphatic carbocycles. The van der Waals surface area contributed by atoms with Crippen LogP contribution >= 0.6 is 0 Å². The van der Waals surface area contributed by atoms with Crippen molar-refractivity contribution < 1.29 is 13.6 Å². The summed E-state index contributed by atoms with van der Waals surface area (Å²) in [5.41, 5.74) is -0.168. The lowest BCUT2D eigenvalue weighted by atomic mass is 10.0. The Balaban J connectivity index is 2.05. The smallest absolute Gasteiger partial charge is 0.251 e. The van der Waals surface area contributed by atoms with E-state index in [1.807, 2.05) is 7.05 Å². The number of carbonyl (C=O) groups is 1. The number of rotatable bonds is 4. The van der Waals surface area contributed by atoms with Gasteiger partial charge < -0.3 is 15.5 Å². The maximum Gasteiger partial charge on any atom is 0.251 e. The standard InChI is InChI=1S/C15H21F2N3O/c1-3-18-14-12(16)8-10(9-13(14)17)15(21)19-11-4-6-20(2)7-5-11/h8-9,11,18H,3-7H2,1-2H3,(H,19,21). The third-order valence-corrected chi connectivity index (χ3v) is 3.71. The van der Waals surface area contributed by atoms with Crippen molar-refractivity contribution in [2.45, 2.75) is 25.8 Å². The molecule has 0 spiro atoms. The molecule has 1 amide bonds. The van der Waals surface area contributed by atoms with Crippen LogP contribution in [-0.4, -0.2) is 43.5 Å². The number of carbonyl (C=O) groups excluding carboxylic acids is 1. The van der Waals surface area contributed by atoms with Crippen LogP contribution in [0.2, 0.25) is 0 Å². The lowest BCUT2D eigenvalue weighted by molar-refractivity contribution is 0.0916. The summed E-state index contributed by atoms with van der Waals surface area (Å²) in [6.45, 7) is 3.98. The Hall–Kier alpha value is -1.69. The van der Waals surface area contributed by atoms with Crippen LogP contribution < -0.4 is 10.6 Å². The molecule has 1 aromatic rings. The number of halogens is 2. The monoisotopic (exact) mass is 297 g/mol. The highest BCUT2D eigenvalue weighted by Crippen LogP contribution is 2.21. The van der Waals surface area contributed by atoms with Gasteiger partial charge in [0.2, 0.25) is 0 Å². The minimum atomic E-state index is -0.745. The van der Waals surface area contributed by atoms with Crippen LogP contribution in [0.5, 0.6) is 0 Å². The topological polar surface area (TPSA) is 44.4 Å². The Bertz CT molecular complexity index is 491. The molecule has 0 aromatic heterocycles. The maximum atomic E-state index is 13.8. The molecule has 2 rings (SSSR count). The molecule has 6 heteroatoms. The summed E-state index contributed by atoms with van der Waals surface area (Å²) in [5, 5.41) is 5.45. The minimum absolute atomic E-state index is 0.0191. The van der Waals surface area contributed by atoms with E-state index in [9.17, 15) is 13.6 Å². The van der Waals surface area contributed by atoms with E-state index >= 15 is 0 Å². The molecule has 4 nitrogen and oxygen atoms in total. The van der Waals surface area contributed by atoms with Crippen molar-refractivity contribution in [1.82, 2.24) is 10.2 Å². The third-order valence-electron chi connectivity index (χ3n) is 3.71. The van der Waals surface area contributed by atoms with Gasteiger partial charge in [-0.15, -0.1) is 0 Å². The summed E-state index contributed by atoms with van der Waals surface area (Å²) in [7, 11) is 2.03. The molecular weight excluding hydrogens is 276 g/mol. The van der Waals surface area contributed by atoms with Crippen molar-refractivity contribution in [2.75, 3.05) is 32.0 Å². The van der Waals surface area contributed by atoms with Crippen molar-refractivity contribution in [3.8, 4) is 0 Å². The largest absolute Gasteiger partial charge is 0.381 e. The predicted octanol–water partition coefficient (Wildman–Crippen LogP) is 2.22. The Morgan fingerprint density at radius 2 is 1.86 bits per heavy atom. The van der Waals surface area contributed by atoms with Gasteiger partial charge in [0.25, 0.3) is 5.91 Å². The third kappa shape index (κ3) is 3.91. The molecule has 1 saturated heterocycles. The number of hydrogen-bond acceptors (Lipinski definition) is 3. The van der Waals surface area contributed by atoms with E-state index in [2.05, 4.69) is 15.5 Å². The van der Waals surface area contributed by atoms with Gasteiger partial charge in [0.15, 0.2) is 0 Å². The summed E-state index contributed by atoms with van der Waals surface area (Å²) >= 11 is 0. The van der Waals surface area contributed by atoms with Gasteiger partial charge in [0.05, 0.1) is 0 Å². The Labute approximate surface area is 123 Å². The van der Waals surface area contributed by atoms with Gasteiger partial charge in [-0.25, -0.2) is 8.78 Å². The van der Waals surface area contributed by atoms with E-state index < -0.39 is 17.5 Å². The van der Waals surface area contributed by atoms with Crippen molar-refractivity contribution in [2.24, 2.45) is 0 Å². The fourth-order valence-corrected chi connectivity index (χ4v) is 2.47. The molecule has 1 aromatic carbocycles. The zero-order chi connectivity index (χ0) is 15.4. The average molecular weight is 297 g/mol. The lowest BCUT2D eigenvalue weighted by Crippen LogP contribution is -2.43. The van der Waals surface area contributed by atoms with Crippen LogP contribution in [0.1, 0.15) is 30.1 Å². The molecule has 0 bridgehead atoms. The molecule has 0 atom stereocenters. The van der Waals surface area contributed by atoms with Gasteiger partial charge in [0, 0.05) is 18.2 Å². The number of benzene rings is 1. The molecule has 0 saturated carbocycles. The lowest BCUT2D eigenvalue weighted by Gasteiger charge is -2.29. The van der Waals surface area contributed by atoms with Gasteiger partial charge in [-0.05, 0) is 52.0 Å². The molecule has 1 heterocycles. The molecule has 2 N–H and O–H groups in total. The molecule has 116 valence electrons. The zero-order valence-electron chi connectivity index (χ0n) is 12.4. The fourth-order valence-electron chi connectivity index (χ4n) is 2.47. The molecule has 0 radical (unpaired) electrons. The first kappa shape index (κ1) is 15.7. The van der Waals surface area contributed by atoms with Gasteiger partial charge in [-0.2, -0.15) is 0 Å². The number of nitrogens with one attached hydrogen (secondary N) is 2. The van der Waals surface area contributed by atoms with Crippen molar-refractivity contribution in [3.63, 3.8) is 0 Å². The SMILES string of the molecule is CCNc1c(F)cc(C(=O)NC2CCN(C)CC2)cc1F. The highest BCUT2D eigenvalue weighted by molar-refractivity contribution is 5.94. The molecular formula is C15H21F2N3O. The summed E-state index contributed by atoms with van der Waals surface area (Å²) in [6.07, 6.45) is 1.70. The second-order valence-corrected chi connectivity index (χ2v) is 5.40. The molecule has 21 heavy (non-hydrogen) atoms. The van der Waals surface area contributed by atoms with Crippen molar-refractivity contribution in [3.05, 3.63) is 29.3 Å². The summed E-state index contributed by atoms with van der Waals surface area (Å²) in [4.78, 5) is 14.3. The highest BCUT2D eigenvalue weighted by Gasteiger charge is 2.20. The summed E-state index contributed by atoms with van der Waals surface area (Å²) in [6, 6.07) is 2.21. The predicted molar refractivity (Wildman–Crippen MR) is 78.5 cm³/mol. The van der Waals surface area contributed by atoms with Crippen LogP contribution in [0.3, 0.4) is 0 Å². The Kier molecular flexibility index (Phi) is 5.12. The van der Waals surface area contributed by atoms with Crippen molar-refractivity contribution >= 4 is 11.6 Å². The van der Waals surface area contributed by atoms with Crippen LogP contribution in [0.4, 0.5) is 14.5 Å². The summed E-state index contributed by atoms with van der Waals surface area (Å²) < 4.78 is 27.6. The average Bonchev–Trinajstić information content (AvgIpc) is 2.45. The van der Waals surface area contributed by atoms with E-state index in [1.54, 1.807) is 6.92 Å². The quantitative estimate of drug-likeness (QED) is 0.895. The van der Waals surface area contributed by atoms with Crippen LogP contribution in [-0.2, 0) is 0 Å². The first-order chi connectivity index (χ1) is 10.0. The molecule has 1 aliphatic rings. The second-order valence-electron chi connectivity index (χ2n) is 5.40. The maximum absolute atomic E-state index is 13.8. The number of nitrogens with zero attached hydrogens (tertiary/aromatic N) is 1. The Morgan fingerprint density at radius 1 is 1.29 bits per heavy atom. The first-order valence-electron chi connectivity index (χ1n) is 7.23.